The fourth-order valence-corrected chi connectivity index (χ4v) is 3.07. The Morgan fingerprint density at radius 1 is 1.15 bits per heavy atom. The quantitative estimate of drug-likeness (QED) is 0.580. The van der Waals surface area contributed by atoms with E-state index in [0.717, 1.165) is 11.4 Å². The number of aromatic hydroxyl groups is 1. The standard InChI is InChI=1S/C19H22N6O2/c1-5-24-16(27)14-15(22-17(21-14)19(2,3)4)25-18(24)20-13(23-25)10-11-6-8-12(26)9-7-11/h6-9,26H,5,10H2,1-4H3,(H,21,22). The van der Waals surface area contributed by atoms with Gasteiger partial charge >= 0.3 is 0 Å². The Balaban J connectivity index is 1.92. The molecule has 3 heterocycles. The average molecular weight is 366 g/mol. The van der Waals surface area contributed by atoms with Gasteiger partial charge in [0.25, 0.3) is 5.56 Å². The summed E-state index contributed by atoms with van der Waals surface area (Å²) in [6.07, 6.45) is 0.498. The average Bonchev–Trinajstić information content (AvgIpc) is 3.21. The molecule has 1 aromatic carbocycles. The van der Waals surface area contributed by atoms with Crippen LogP contribution in [0.2, 0.25) is 0 Å². The molecule has 0 aliphatic rings. The maximum absolute atomic E-state index is 12.9. The lowest BCUT2D eigenvalue weighted by Gasteiger charge is -2.13. The molecule has 0 aliphatic carbocycles. The Hall–Kier alpha value is -3.16. The maximum atomic E-state index is 12.9. The lowest BCUT2D eigenvalue weighted by Crippen LogP contribution is -2.22. The fraction of sp³-hybridized carbons (Fsp3) is 0.368. The van der Waals surface area contributed by atoms with Gasteiger partial charge in [-0.3, -0.25) is 9.36 Å². The number of phenols is 1. The van der Waals surface area contributed by atoms with Crippen molar-refractivity contribution in [3.8, 4) is 5.75 Å². The summed E-state index contributed by atoms with van der Waals surface area (Å²) in [7, 11) is 0. The summed E-state index contributed by atoms with van der Waals surface area (Å²) in [4.78, 5) is 25.3. The van der Waals surface area contributed by atoms with Crippen LogP contribution in [-0.4, -0.2) is 34.2 Å². The van der Waals surface area contributed by atoms with Gasteiger partial charge in [-0.15, -0.1) is 5.10 Å². The lowest BCUT2D eigenvalue weighted by molar-refractivity contribution is 0.475. The highest BCUT2D eigenvalue weighted by Gasteiger charge is 2.23. The minimum absolute atomic E-state index is 0.147. The number of benzene rings is 1. The molecule has 4 aromatic rings. The summed E-state index contributed by atoms with van der Waals surface area (Å²) in [5.41, 5.74) is 1.54. The topological polar surface area (TPSA) is 101 Å². The molecule has 8 nitrogen and oxygen atoms in total. The molecule has 0 saturated heterocycles. The molecule has 0 fully saturated rings. The van der Waals surface area contributed by atoms with Gasteiger partial charge in [0.1, 0.15) is 11.6 Å². The van der Waals surface area contributed by atoms with Crippen molar-refractivity contribution in [2.75, 3.05) is 0 Å². The van der Waals surface area contributed by atoms with Crippen LogP contribution in [0.5, 0.6) is 5.75 Å². The van der Waals surface area contributed by atoms with E-state index in [0.29, 0.717) is 35.7 Å². The van der Waals surface area contributed by atoms with Crippen molar-refractivity contribution in [3.63, 3.8) is 0 Å². The number of hydrogen-bond donors (Lipinski definition) is 2. The van der Waals surface area contributed by atoms with Crippen LogP contribution in [0.15, 0.2) is 29.1 Å². The van der Waals surface area contributed by atoms with Crippen molar-refractivity contribution in [2.24, 2.45) is 0 Å². The molecule has 0 amide bonds. The van der Waals surface area contributed by atoms with E-state index in [-0.39, 0.29) is 16.7 Å². The normalized spacial score (nSPS) is 12.3. The van der Waals surface area contributed by atoms with Crippen LogP contribution in [0.3, 0.4) is 0 Å². The first-order valence-electron chi connectivity index (χ1n) is 8.94. The second-order valence-electron chi connectivity index (χ2n) is 7.67. The molecule has 4 rings (SSSR count). The molecule has 140 valence electrons. The second-order valence-corrected chi connectivity index (χ2v) is 7.67. The van der Waals surface area contributed by atoms with E-state index in [2.05, 4.69) is 20.1 Å². The van der Waals surface area contributed by atoms with Crippen molar-refractivity contribution in [2.45, 2.75) is 46.1 Å². The van der Waals surface area contributed by atoms with Crippen LogP contribution in [0, 0.1) is 0 Å². The zero-order valence-electron chi connectivity index (χ0n) is 15.8. The number of nitrogens with zero attached hydrogens (tertiary/aromatic N) is 5. The smallest absolute Gasteiger partial charge is 0.281 e. The molecule has 0 saturated carbocycles. The molecular weight excluding hydrogens is 344 g/mol. The zero-order chi connectivity index (χ0) is 19.3. The van der Waals surface area contributed by atoms with Crippen molar-refractivity contribution >= 4 is 16.9 Å². The first-order valence-corrected chi connectivity index (χ1v) is 8.94. The minimum Gasteiger partial charge on any atom is -0.508 e. The van der Waals surface area contributed by atoms with E-state index in [1.165, 1.54) is 0 Å². The first kappa shape index (κ1) is 17.3. The third-order valence-corrected chi connectivity index (χ3v) is 4.54. The van der Waals surface area contributed by atoms with Crippen LogP contribution < -0.4 is 5.56 Å². The van der Waals surface area contributed by atoms with Crippen molar-refractivity contribution < 1.29 is 5.11 Å². The third-order valence-electron chi connectivity index (χ3n) is 4.54. The summed E-state index contributed by atoms with van der Waals surface area (Å²) in [6, 6.07) is 6.93. The molecule has 0 atom stereocenters. The molecule has 0 bridgehead atoms. The first-order chi connectivity index (χ1) is 12.8. The van der Waals surface area contributed by atoms with E-state index in [1.807, 2.05) is 39.8 Å². The number of phenolic OH excluding ortho intramolecular Hbond substituents is 1. The highest BCUT2D eigenvalue weighted by molar-refractivity contribution is 5.72. The van der Waals surface area contributed by atoms with E-state index in [1.54, 1.807) is 21.2 Å². The summed E-state index contributed by atoms with van der Waals surface area (Å²) in [6.45, 7) is 8.51. The second kappa shape index (κ2) is 5.94. The summed E-state index contributed by atoms with van der Waals surface area (Å²) in [5, 5.41) is 14.0. The summed E-state index contributed by atoms with van der Waals surface area (Å²) < 4.78 is 3.24. The van der Waals surface area contributed by atoms with Gasteiger partial charge < -0.3 is 10.1 Å². The Kier molecular flexibility index (Phi) is 3.80. The molecule has 27 heavy (non-hydrogen) atoms. The van der Waals surface area contributed by atoms with Gasteiger partial charge in [0, 0.05) is 18.4 Å². The predicted octanol–water partition coefficient (Wildman–Crippen LogP) is 2.38. The van der Waals surface area contributed by atoms with Crippen LogP contribution in [0.25, 0.3) is 16.9 Å². The molecule has 0 aliphatic heterocycles. The molecule has 8 heteroatoms. The van der Waals surface area contributed by atoms with Crippen LogP contribution in [0.1, 0.15) is 44.9 Å². The predicted molar refractivity (Wildman–Crippen MR) is 102 cm³/mol. The largest absolute Gasteiger partial charge is 0.508 e. The van der Waals surface area contributed by atoms with Crippen molar-refractivity contribution in [1.29, 1.82) is 0 Å². The number of hydrogen-bond acceptors (Lipinski definition) is 5. The van der Waals surface area contributed by atoms with Crippen molar-refractivity contribution in [1.82, 2.24) is 29.1 Å². The van der Waals surface area contributed by atoms with Crippen LogP contribution in [0.4, 0.5) is 0 Å². The number of H-pyrrole nitrogens is 1. The zero-order valence-corrected chi connectivity index (χ0v) is 15.8. The van der Waals surface area contributed by atoms with E-state index in [4.69, 9.17) is 0 Å². The Morgan fingerprint density at radius 2 is 1.85 bits per heavy atom. The molecular formula is C19H22N6O2. The van der Waals surface area contributed by atoms with Gasteiger partial charge in [0.15, 0.2) is 17.0 Å². The number of rotatable bonds is 3. The van der Waals surface area contributed by atoms with E-state index in [9.17, 15) is 9.90 Å². The highest BCUT2D eigenvalue weighted by atomic mass is 16.3. The molecule has 0 radical (unpaired) electrons. The Bertz CT molecular complexity index is 1190. The summed E-state index contributed by atoms with van der Waals surface area (Å²) in [5.74, 6) is 2.03. The SMILES string of the molecule is CCn1c(=O)c2[nH]c(C(C)(C)C)nc2n2nc(Cc3ccc(O)cc3)nc12. The van der Waals surface area contributed by atoms with Crippen LogP contribution >= 0.6 is 0 Å². The van der Waals surface area contributed by atoms with Gasteiger partial charge in [-0.1, -0.05) is 32.9 Å². The van der Waals surface area contributed by atoms with Gasteiger partial charge in [0.2, 0.25) is 5.78 Å². The van der Waals surface area contributed by atoms with Gasteiger partial charge in [-0.2, -0.15) is 9.50 Å². The molecule has 0 spiro atoms. The number of fused-ring (bicyclic) bond motifs is 3. The van der Waals surface area contributed by atoms with E-state index >= 15 is 0 Å². The number of imidazole rings is 1. The lowest BCUT2D eigenvalue weighted by atomic mass is 9.96. The fourth-order valence-electron chi connectivity index (χ4n) is 3.07. The number of aromatic nitrogens is 6. The van der Waals surface area contributed by atoms with Gasteiger partial charge in [0.05, 0.1) is 0 Å². The number of nitrogens with one attached hydrogen (secondary N) is 1. The van der Waals surface area contributed by atoms with Crippen molar-refractivity contribution in [3.05, 3.63) is 51.8 Å². The van der Waals surface area contributed by atoms with Gasteiger partial charge in [-0.05, 0) is 24.6 Å². The maximum Gasteiger partial charge on any atom is 0.281 e. The molecule has 0 unspecified atom stereocenters. The third kappa shape index (κ3) is 2.87. The van der Waals surface area contributed by atoms with E-state index < -0.39 is 0 Å². The number of aryl methyl sites for hydroxylation is 1. The highest BCUT2D eigenvalue weighted by Crippen LogP contribution is 2.22. The Labute approximate surface area is 155 Å². The monoisotopic (exact) mass is 366 g/mol. The van der Waals surface area contributed by atoms with Gasteiger partial charge in [-0.25, -0.2) is 4.98 Å². The van der Waals surface area contributed by atoms with Crippen LogP contribution in [-0.2, 0) is 18.4 Å². The number of aromatic amines is 1. The Morgan fingerprint density at radius 3 is 2.48 bits per heavy atom. The summed E-state index contributed by atoms with van der Waals surface area (Å²) >= 11 is 0. The molecule has 3 aromatic heterocycles. The molecule has 2 N–H and O–H groups in total. The minimum atomic E-state index is -0.218.